The van der Waals surface area contributed by atoms with Gasteiger partial charge in [0.25, 0.3) is 17.7 Å². The van der Waals surface area contributed by atoms with Gasteiger partial charge < -0.3 is 9.64 Å². The first-order valence-corrected chi connectivity index (χ1v) is 11.5. The molecule has 1 fully saturated rings. The van der Waals surface area contributed by atoms with Crippen molar-refractivity contribution >= 4 is 17.7 Å². The SMILES string of the molecule is COCCCN1C(=O)c2ccc(C(=O)N(C3CC3)C3CCCc4ccccc43)cc2C1=O. The van der Waals surface area contributed by atoms with Crippen LogP contribution in [0.4, 0.5) is 0 Å². The Labute approximate surface area is 188 Å². The van der Waals surface area contributed by atoms with Crippen molar-refractivity contribution in [2.24, 2.45) is 0 Å². The molecule has 2 aromatic rings. The van der Waals surface area contributed by atoms with Crippen molar-refractivity contribution in [2.45, 2.75) is 50.6 Å². The van der Waals surface area contributed by atoms with Crippen molar-refractivity contribution in [2.75, 3.05) is 20.3 Å². The zero-order valence-electron chi connectivity index (χ0n) is 18.4. The van der Waals surface area contributed by atoms with E-state index in [4.69, 9.17) is 4.74 Å². The number of benzene rings is 2. The van der Waals surface area contributed by atoms with Crippen LogP contribution in [0.25, 0.3) is 0 Å². The van der Waals surface area contributed by atoms with E-state index in [1.165, 1.54) is 16.0 Å². The number of carbonyl (C=O) groups excluding carboxylic acids is 3. The fourth-order valence-corrected chi connectivity index (χ4v) is 5.07. The quantitative estimate of drug-likeness (QED) is 0.490. The van der Waals surface area contributed by atoms with Crippen LogP contribution in [-0.2, 0) is 11.2 Å². The second-order valence-electron chi connectivity index (χ2n) is 8.92. The smallest absolute Gasteiger partial charge is 0.261 e. The van der Waals surface area contributed by atoms with Crippen molar-refractivity contribution in [1.82, 2.24) is 9.80 Å². The lowest BCUT2D eigenvalue weighted by Crippen LogP contribution is -2.38. The number of carbonyl (C=O) groups is 3. The number of nitrogens with zero attached hydrogens (tertiary/aromatic N) is 2. The Hall–Kier alpha value is -2.99. The number of methoxy groups -OCH3 is 1. The summed E-state index contributed by atoms with van der Waals surface area (Å²) >= 11 is 0. The molecular weight excluding hydrogens is 404 g/mol. The number of amides is 3. The molecule has 0 aromatic heterocycles. The highest BCUT2D eigenvalue weighted by molar-refractivity contribution is 6.22. The van der Waals surface area contributed by atoms with E-state index in [9.17, 15) is 14.4 Å². The van der Waals surface area contributed by atoms with Gasteiger partial charge >= 0.3 is 0 Å². The molecule has 2 aliphatic carbocycles. The van der Waals surface area contributed by atoms with Crippen molar-refractivity contribution < 1.29 is 19.1 Å². The van der Waals surface area contributed by atoms with Gasteiger partial charge in [-0.1, -0.05) is 24.3 Å². The third-order valence-electron chi connectivity index (χ3n) is 6.80. The first-order valence-electron chi connectivity index (χ1n) is 11.5. The van der Waals surface area contributed by atoms with Gasteiger partial charge in [-0.25, -0.2) is 0 Å². The van der Waals surface area contributed by atoms with Crippen molar-refractivity contribution in [3.05, 3.63) is 70.3 Å². The van der Waals surface area contributed by atoms with Crippen LogP contribution in [0.2, 0.25) is 0 Å². The molecule has 3 amide bonds. The fraction of sp³-hybridized carbons (Fsp3) is 0.423. The fourth-order valence-electron chi connectivity index (χ4n) is 5.07. The predicted octanol–water partition coefficient (Wildman–Crippen LogP) is 4.00. The average Bonchev–Trinajstić information content (AvgIpc) is 3.62. The first-order chi connectivity index (χ1) is 15.6. The summed E-state index contributed by atoms with van der Waals surface area (Å²) in [5.74, 6) is -0.660. The third kappa shape index (κ3) is 3.62. The lowest BCUT2D eigenvalue weighted by Gasteiger charge is -2.36. The second-order valence-corrected chi connectivity index (χ2v) is 8.92. The van der Waals surface area contributed by atoms with E-state index in [2.05, 4.69) is 18.2 Å². The lowest BCUT2D eigenvalue weighted by atomic mass is 9.86. The van der Waals surface area contributed by atoms with Crippen LogP contribution in [0.15, 0.2) is 42.5 Å². The van der Waals surface area contributed by atoms with Gasteiger partial charge in [-0.3, -0.25) is 19.3 Å². The van der Waals surface area contributed by atoms with Gasteiger partial charge in [0.05, 0.1) is 17.2 Å². The van der Waals surface area contributed by atoms with E-state index < -0.39 is 0 Å². The van der Waals surface area contributed by atoms with Crippen LogP contribution in [0.5, 0.6) is 0 Å². The summed E-state index contributed by atoms with van der Waals surface area (Å²) in [6.07, 6.45) is 5.68. The van der Waals surface area contributed by atoms with E-state index >= 15 is 0 Å². The molecule has 3 aliphatic rings. The highest BCUT2D eigenvalue weighted by atomic mass is 16.5. The molecule has 1 saturated carbocycles. The normalized spacial score (nSPS) is 19.7. The van der Waals surface area contributed by atoms with Crippen LogP contribution in [0, 0.1) is 0 Å². The summed E-state index contributed by atoms with van der Waals surface area (Å²) in [5.41, 5.74) is 3.76. The van der Waals surface area contributed by atoms with Crippen LogP contribution in [-0.4, -0.2) is 53.8 Å². The number of ether oxygens (including phenoxy) is 1. The van der Waals surface area contributed by atoms with Crippen LogP contribution >= 0.6 is 0 Å². The van der Waals surface area contributed by atoms with Crippen LogP contribution in [0.1, 0.15) is 80.3 Å². The molecule has 2 aromatic carbocycles. The first kappa shape index (κ1) is 20.9. The standard InChI is InChI=1S/C26H28N2O4/c1-32-15-5-14-27-25(30)21-13-10-18(16-22(21)26(27)31)24(29)28(19-11-12-19)23-9-4-7-17-6-2-3-8-20(17)23/h2-3,6,8,10,13,16,19,23H,4-5,7,9,11-12,14-15H2,1H3. The molecule has 6 nitrogen and oxygen atoms in total. The van der Waals surface area contributed by atoms with Gasteiger partial charge in [0.1, 0.15) is 0 Å². The number of imide groups is 1. The van der Waals surface area contributed by atoms with E-state index in [1.54, 1.807) is 25.3 Å². The second kappa shape index (κ2) is 8.51. The lowest BCUT2D eigenvalue weighted by molar-refractivity contribution is 0.0630. The molecule has 32 heavy (non-hydrogen) atoms. The summed E-state index contributed by atoms with van der Waals surface area (Å²) in [7, 11) is 1.59. The van der Waals surface area contributed by atoms with Crippen LogP contribution in [0.3, 0.4) is 0 Å². The molecule has 1 heterocycles. The molecule has 0 spiro atoms. The molecular formula is C26H28N2O4. The monoisotopic (exact) mass is 432 g/mol. The molecule has 0 N–H and O–H groups in total. The molecule has 6 heteroatoms. The summed E-state index contributed by atoms with van der Waals surface area (Å²) < 4.78 is 5.04. The molecule has 0 radical (unpaired) electrons. The zero-order valence-corrected chi connectivity index (χ0v) is 18.4. The van der Waals surface area contributed by atoms with Gasteiger partial charge in [0, 0.05) is 31.9 Å². The minimum absolute atomic E-state index is 0.0462. The average molecular weight is 433 g/mol. The number of rotatable bonds is 7. The Balaban J connectivity index is 1.43. The van der Waals surface area contributed by atoms with Crippen molar-refractivity contribution in [1.29, 1.82) is 0 Å². The Morgan fingerprint density at radius 1 is 1.06 bits per heavy atom. The summed E-state index contributed by atoms with van der Waals surface area (Å²) in [5, 5.41) is 0. The molecule has 0 bridgehead atoms. The largest absolute Gasteiger partial charge is 0.385 e. The van der Waals surface area contributed by atoms with Crippen molar-refractivity contribution in [3.63, 3.8) is 0 Å². The predicted molar refractivity (Wildman–Crippen MR) is 120 cm³/mol. The molecule has 166 valence electrons. The maximum Gasteiger partial charge on any atom is 0.261 e. The molecule has 5 rings (SSSR count). The Bertz CT molecular complexity index is 1080. The Morgan fingerprint density at radius 2 is 1.84 bits per heavy atom. The van der Waals surface area contributed by atoms with Crippen molar-refractivity contribution in [3.8, 4) is 0 Å². The van der Waals surface area contributed by atoms with E-state index in [-0.39, 0.29) is 29.8 Å². The minimum Gasteiger partial charge on any atom is -0.385 e. The number of aryl methyl sites for hydroxylation is 1. The topological polar surface area (TPSA) is 66.9 Å². The van der Waals surface area contributed by atoms with Gasteiger partial charge in [0.15, 0.2) is 0 Å². The number of fused-ring (bicyclic) bond motifs is 2. The minimum atomic E-state index is -0.322. The molecule has 1 aliphatic heterocycles. The zero-order chi connectivity index (χ0) is 22.2. The Morgan fingerprint density at radius 3 is 2.62 bits per heavy atom. The maximum atomic E-state index is 13.7. The maximum absolute atomic E-state index is 13.7. The van der Waals surface area contributed by atoms with E-state index in [1.807, 2.05) is 11.0 Å². The molecule has 1 atom stereocenters. The third-order valence-corrected chi connectivity index (χ3v) is 6.80. The van der Waals surface area contributed by atoms with Gasteiger partial charge in [-0.05, 0) is 67.9 Å². The van der Waals surface area contributed by atoms with E-state index in [0.717, 1.165) is 32.1 Å². The number of hydrogen-bond donors (Lipinski definition) is 0. The molecule has 0 saturated heterocycles. The van der Waals surface area contributed by atoms with Crippen LogP contribution < -0.4 is 0 Å². The Kier molecular flexibility index (Phi) is 5.55. The highest BCUT2D eigenvalue weighted by Gasteiger charge is 2.41. The number of hydrogen-bond acceptors (Lipinski definition) is 4. The summed E-state index contributed by atoms with van der Waals surface area (Å²) in [6.45, 7) is 0.798. The highest BCUT2D eigenvalue weighted by Crippen LogP contribution is 2.41. The van der Waals surface area contributed by atoms with Gasteiger partial charge in [-0.2, -0.15) is 0 Å². The van der Waals surface area contributed by atoms with Gasteiger partial charge in [0.2, 0.25) is 0 Å². The summed E-state index contributed by atoms with van der Waals surface area (Å²) in [4.78, 5) is 42.6. The molecule has 1 unspecified atom stereocenters. The van der Waals surface area contributed by atoms with E-state index in [0.29, 0.717) is 36.3 Å². The summed E-state index contributed by atoms with van der Waals surface area (Å²) in [6, 6.07) is 13.7. The van der Waals surface area contributed by atoms with Gasteiger partial charge in [-0.15, -0.1) is 0 Å².